The molecule has 0 fully saturated rings. The van der Waals surface area contributed by atoms with Crippen LogP contribution in [0.4, 0.5) is 0 Å². The normalized spacial score (nSPS) is 12.3. The monoisotopic (exact) mass is 357 g/mol. The molecule has 0 aliphatic rings. The number of benzene rings is 1. The van der Waals surface area contributed by atoms with Crippen LogP contribution in [0, 0.1) is 6.92 Å². The number of nitrogens with zero attached hydrogens (tertiary/aromatic N) is 1. The number of thioether (sulfide) groups is 1. The Labute approximate surface area is 149 Å². The zero-order valence-corrected chi connectivity index (χ0v) is 15.1. The van der Waals surface area contributed by atoms with E-state index in [-0.39, 0.29) is 29.2 Å². The lowest BCUT2D eigenvalue weighted by molar-refractivity contribution is -0.119. The van der Waals surface area contributed by atoms with E-state index in [1.165, 1.54) is 18.7 Å². The van der Waals surface area contributed by atoms with Crippen molar-refractivity contribution in [3.63, 3.8) is 0 Å². The van der Waals surface area contributed by atoms with E-state index in [0.29, 0.717) is 10.9 Å². The number of fused-ring (bicyclic) bond motifs is 1. The molecular formula is C18H19N3O3S. The van der Waals surface area contributed by atoms with E-state index >= 15 is 0 Å². The molecule has 0 aliphatic carbocycles. The molecule has 1 unspecified atom stereocenters. The van der Waals surface area contributed by atoms with Crippen LogP contribution < -0.4 is 5.32 Å². The third-order valence-electron chi connectivity index (χ3n) is 3.69. The second kappa shape index (κ2) is 7.14. The van der Waals surface area contributed by atoms with Crippen molar-refractivity contribution < 1.29 is 14.0 Å². The van der Waals surface area contributed by atoms with Crippen LogP contribution in [0.2, 0.25) is 0 Å². The Bertz CT molecular complexity index is 929. The lowest BCUT2D eigenvalue weighted by atomic mass is 10.2. The Balaban J connectivity index is 1.68. The molecule has 1 amide bonds. The summed E-state index contributed by atoms with van der Waals surface area (Å²) in [4.78, 5) is 31.2. The number of H-pyrrole nitrogens is 1. The molecule has 25 heavy (non-hydrogen) atoms. The molecule has 0 radical (unpaired) electrons. The van der Waals surface area contributed by atoms with Crippen LogP contribution in [0.15, 0.2) is 39.9 Å². The first kappa shape index (κ1) is 17.3. The SMILES string of the molecule is CC(=O)NCc1ccc(C(=O)C(C)Sc2nc3ccc(C)cc3[nH]2)o1. The van der Waals surface area contributed by atoms with E-state index in [0.717, 1.165) is 16.6 Å². The zero-order chi connectivity index (χ0) is 18.0. The number of rotatable bonds is 6. The lowest BCUT2D eigenvalue weighted by Gasteiger charge is -2.06. The number of ketones is 1. The molecule has 1 atom stereocenters. The lowest BCUT2D eigenvalue weighted by Crippen LogP contribution is -2.18. The second-order valence-corrected chi connectivity index (χ2v) is 7.19. The molecule has 2 aromatic heterocycles. The Morgan fingerprint density at radius 1 is 1.32 bits per heavy atom. The van der Waals surface area contributed by atoms with Gasteiger partial charge >= 0.3 is 0 Å². The number of amides is 1. The second-order valence-electron chi connectivity index (χ2n) is 5.86. The minimum absolute atomic E-state index is 0.115. The minimum atomic E-state index is -0.346. The summed E-state index contributed by atoms with van der Waals surface area (Å²) < 4.78 is 5.52. The molecule has 2 heterocycles. The van der Waals surface area contributed by atoms with Crippen molar-refractivity contribution in [2.75, 3.05) is 0 Å². The fraction of sp³-hybridized carbons (Fsp3) is 0.278. The summed E-state index contributed by atoms with van der Waals surface area (Å²) in [5.41, 5.74) is 2.99. The Morgan fingerprint density at radius 3 is 2.88 bits per heavy atom. The number of imidazole rings is 1. The Hall–Kier alpha value is -2.54. The fourth-order valence-electron chi connectivity index (χ4n) is 2.39. The highest BCUT2D eigenvalue weighted by Crippen LogP contribution is 2.26. The maximum Gasteiger partial charge on any atom is 0.217 e. The Morgan fingerprint density at radius 2 is 2.12 bits per heavy atom. The van der Waals surface area contributed by atoms with Crippen molar-refractivity contribution >= 4 is 34.5 Å². The molecule has 130 valence electrons. The number of nitrogens with one attached hydrogen (secondary N) is 2. The van der Waals surface area contributed by atoms with Crippen molar-refractivity contribution in [2.24, 2.45) is 0 Å². The van der Waals surface area contributed by atoms with Crippen molar-refractivity contribution in [1.82, 2.24) is 15.3 Å². The fourth-order valence-corrected chi connectivity index (χ4v) is 3.27. The first-order chi connectivity index (χ1) is 11.9. The van der Waals surface area contributed by atoms with Crippen LogP contribution in [-0.2, 0) is 11.3 Å². The standard InChI is InChI=1S/C18H19N3O3S/c1-10-4-6-14-15(8-10)21-18(20-14)25-11(2)17(23)16-7-5-13(24-16)9-19-12(3)22/h4-8,11H,9H2,1-3H3,(H,19,22)(H,20,21). The first-order valence-corrected chi connectivity index (χ1v) is 8.81. The molecular weight excluding hydrogens is 338 g/mol. The topological polar surface area (TPSA) is 88.0 Å². The summed E-state index contributed by atoms with van der Waals surface area (Å²) in [6.45, 7) is 5.55. The quantitative estimate of drug-likeness (QED) is 0.521. The van der Waals surface area contributed by atoms with Gasteiger partial charge < -0.3 is 14.7 Å². The molecule has 0 bridgehead atoms. The van der Waals surface area contributed by atoms with Gasteiger partial charge in [0.05, 0.1) is 22.8 Å². The molecule has 3 aromatic rings. The largest absolute Gasteiger partial charge is 0.456 e. The van der Waals surface area contributed by atoms with Gasteiger partial charge in [0, 0.05) is 6.92 Å². The number of hydrogen-bond donors (Lipinski definition) is 2. The van der Waals surface area contributed by atoms with E-state index in [2.05, 4.69) is 15.3 Å². The number of aromatic amines is 1. The van der Waals surface area contributed by atoms with E-state index in [1.807, 2.05) is 32.0 Å². The summed E-state index contributed by atoms with van der Waals surface area (Å²) in [7, 11) is 0. The number of carbonyl (C=O) groups is 2. The third kappa shape index (κ3) is 4.11. The molecule has 0 saturated heterocycles. The van der Waals surface area contributed by atoms with Crippen LogP contribution in [-0.4, -0.2) is 26.9 Å². The average molecular weight is 357 g/mol. The smallest absolute Gasteiger partial charge is 0.217 e. The molecule has 3 rings (SSSR count). The zero-order valence-electron chi connectivity index (χ0n) is 14.3. The maximum atomic E-state index is 12.5. The van der Waals surface area contributed by atoms with Gasteiger partial charge in [0.15, 0.2) is 10.9 Å². The molecule has 6 nitrogen and oxygen atoms in total. The van der Waals surface area contributed by atoms with Crippen molar-refractivity contribution in [2.45, 2.75) is 37.7 Å². The number of aromatic nitrogens is 2. The van der Waals surface area contributed by atoms with Gasteiger partial charge in [-0.05, 0) is 43.7 Å². The van der Waals surface area contributed by atoms with Gasteiger partial charge in [0.1, 0.15) is 5.76 Å². The number of hydrogen-bond acceptors (Lipinski definition) is 5. The van der Waals surface area contributed by atoms with Crippen molar-refractivity contribution in [3.8, 4) is 0 Å². The van der Waals surface area contributed by atoms with Gasteiger partial charge in [0.2, 0.25) is 11.7 Å². The van der Waals surface area contributed by atoms with Gasteiger partial charge in [-0.2, -0.15) is 0 Å². The summed E-state index contributed by atoms with van der Waals surface area (Å²) in [5, 5.41) is 2.99. The molecule has 2 N–H and O–H groups in total. The van der Waals surface area contributed by atoms with E-state index in [9.17, 15) is 9.59 Å². The van der Waals surface area contributed by atoms with Gasteiger partial charge in [-0.1, -0.05) is 17.8 Å². The predicted octanol–water partition coefficient (Wildman–Crippen LogP) is 3.46. The van der Waals surface area contributed by atoms with Crippen LogP contribution in [0.3, 0.4) is 0 Å². The van der Waals surface area contributed by atoms with Crippen LogP contribution in [0.1, 0.15) is 35.7 Å². The molecule has 7 heteroatoms. The highest BCUT2D eigenvalue weighted by atomic mass is 32.2. The summed E-state index contributed by atoms with van der Waals surface area (Å²) >= 11 is 1.36. The first-order valence-electron chi connectivity index (χ1n) is 7.93. The highest BCUT2D eigenvalue weighted by molar-refractivity contribution is 8.00. The Kier molecular flexibility index (Phi) is 4.94. The van der Waals surface area contributed by atoms with Gasteiger partial charge in [-0.3, -0.25) is 9.59 Å². The number of furan rings is 1. The summed E-state index contributed by atoms with van der Waals surface area (Å²) in [6, 6.07) is 9.33. The van der Waals surface area contributed by atoms with Crippen LogP contribution in [0.5, 0.6) is 0 Å². The van der Waals surface area contributed by atoms with Crippen LogP contribution in [0.25, 0.3) is 11.0 Å². The summed E-state index contributed by atoms with van der Waals surface area (Å²) in [6.07, 6.45) is 0. The number of aryl methyl sites for hydroxylation is 1. The minimum Gasteiger partial charge on any atom is -0.456 e. The van der Waals surface area contributed by atoms with Gasteiger partial charge in [-0.15, -0.1) is 0 Å². The molecule has 0 saturated carbocycles. The van der Waals surface area contributed by atoms with Crippen LogP contribution >= 0.6 is 11.8 Å². The molecule has 0 aliphatic heterocycles. The maximum absolute atomic E-state index is 12.5. The predicted molar refractivity (Wildman–Crippen MR) is 96.7 cm³/mol. The highest BCUT2D eigenvalue weighted by Gasteiger charge is 2.21. The molecule has 1 aromatic carbocycles. The molecule has 0 spiro atoms. The number of Topliss-reactive ketones (excluding diaryl/α,β-unsaturated/α-hetero) is 1. The number of carbonyl (C=O) groups excluding carboxylic acids is 2. The van der Waals surface area contributed by atoms with Crippen molar-refractivity contribution in [3.05, 3.63) is 47.4 Å². The van der Waals surface area contributed by atoms with Crippen molar-refractivity contribution in [1.29, 1.82) is 0 Å². The van der Waals surface area contributed by atoms with E-state index < -0.39 is 0 Å². The van der Waals surface area contributed by atoms with Gasteiger partial charge in [0.25, 0.3) is 0 Å². The van der Waals surface area contributed by atoms with E-state index in [1.54, 1.807) is 12.1 Å². The average Bonchev–Trinajstić information content (AvgIpc) is 3.18. The van der Waals surface area contributed by atoms with E-state index in [4.69, 9.17) is 4.42 Å². The van der Waals surface area contributed by atoms with Gasteiger partial charge in [-0.25, -0.2) is 4.98 Å². The third-order valence-corrected chi connectivity index (χ3v) is 4.67. The summed E-state index contributed by atoms with van der Waals surface area (Å²) in [5.74, 6) is 0.575.